The maximum absolute atomic E-state index is 2.43. The lowest BCUT2D eigenvalue weighted by Gasteiger charge is -2.02. The van der Waals surface area contributed by atoms with Crippen molar-refractivity contribution in [2.75, 3.05) is 0 Å². The van der Waals surface area contributed by atoms with Gasteiger partial charge in [0.15, 0.2) is 0 Å². The van der Waals surface area contributed by atoms with Crippen LogP contribution in [0.5, 0.6) is 0 Å². The zero-order valence-corrected chi connectivity index (χ0v) is 7.97. The van der Waals surface area contributed by atoms with Gasteiger partial charge < -0.3 is 0 Å². The van der Waals surface area contributed by atoms with E-state index in [9.17, 15) is 0 Å². The SMILES string of the molecule is [B]1CC[B]CC[B]CC[B]CC1. The molecule has 0 nitrogen and oxygen atoms in total. The van der Waals surface area contributed by atoms with Gasteiger partial charge in [-0.1, -0.05) is 50.6 Å². The van der Waals surface area contributed by atoms with Crippen molar-refractivity contribution in [1.82, 2.24) is 0 Å². The van der Waals surface area contributed by atoms with Gasteiger partial charge in [-0.05, 0) is 0 Å². The highest BCUT2D eigenvalue weighted by Crippen LogP contribution is 2.05. The molecule has 0 aromatic carbocycles. The van der Waals surface area contributed by atoms with Crippen LogP contribution in [0.1, 0.15) is 0 Å². The molecule has 1 aliphatic rings. The van der Waals surface area contributed by atoms with Gasteiger partial charge in [-0.15, -0.1) is 0 Å². The average Bonchev–Trinajstić information content (AvgIpc) is 2.05. The molecule has 1 fully saturated rings. The first kappa shape index (κ1) is 10.3. The topological polar surface area (TPSA) is 0 Å². The summed E-state index contributed by atoms with van der Waals surface area (Å²) < 4.78 is 0. The van der Waals surface area contributed by atoms with Crippen molar-refractivity contribution in [3.63, 3.8) is 0 Å². The second-order valence-corrected chi connectivity index (χ2v) is 3.46. The van der Waals surface area contributed by atoms with Crippen molar-refractivity contribution in [3.8, 4) is 0 Å². The van der Waals surface area contributed by atoms with Crippen LogP contribution in [-0.4, -0.2) is 29.1 Å². The molecule has 60 valence electrons. The summed E-state index contributed by atoms with van der Waals surface area (Å²) in [6, 6.07) is 0. The fraction of sp³-hybridized carbons (Fsp3) is 1.00. The van der Waals surface area contributed by atoms with Crippen molar-refractivity contribution in [3.05, 3.63) is 0 Å². The summed E-state index contributed by atoms with van der Waals surface area (Å²) >= 11 is 0. The summed E-state index contributed by atoms with van der Waals surface area (Å²) in [5.41, 5.74) is 0. The van der Waals surface area contributed by atoms with E-state index in [1.807, 2.05) is 0 Å². The first-order valence-electron chi connectivity index (χ1n) is 5.27. The molecule has 1 rings (SSSR count). The Morgan fingerprint density at radius 2 is 0.500 bits per heavy atom. The van der Waals surface area contributed by atoms with Crippen molar-refractivity contribution < 1.29 is 0 Å². The molecule has 0 unspecified atom stereocenters. The number of hydrogen-bond donors (Lipinski definition) is 0. The molecule has 0 aliphatic carbocycles. The Balaban J connectivity index is 2.00. The summed E-state index contributed by atoms with van der Waals surface area (Å²) in [4.78, 5) is 0. The minimum atomic E-state index is 1.29. The first-order valence-corrected chi connectivity index (χ1v) is 5.27. The lowest BCUT2D eigenvalue weighted by atomic mass is 9.49. The third-order valence-electron chi connectivity index (χ3n) is 2.30. The summed E-state index contributed by atoms with van der Waals surface area (Å²) in [5.74, 6) is 0. The Kier molecular flexibility index (Phi) is 6.80. The lowest BCUT2D eigenvalue weighted by molar-refractivity contribution is 1.25. The second-order valence-electron chi connectivity index (χ2n) is 3.46. The summed E-state index contributed by atoms with van der Waals surface area (Å²) in [5, 5.41) is 0. The van der Waals surface area contributed by atoms with Gasteiger partial charge in [-0.25, -0.2) is 0 Å². The van der Waals surface area contributed by atoms with E-state index in [2.05, 4.69) is 29.1 Å². The van der Waals surface area contributed by atoms with Gasteiger partial charge in [0.05, 0.1) is 0 Å². The van der Waals surface area contributed by atoms with E-state index in [-0.39, 0.29) is 0 Å². The predicted octanol–water partition coefficient (Wildman–Crippen LogP) is 2.16. The van der Waals surface area contributed by atoms with E-state index in [0.29, 0.717) is 0 Å². The van der Waals surface area contributed by atoms with E-state index >= 15 is 0 Å². The van der Waals surface area contributed by atoms with Gasteiger partial charge in [0.25, 0.3) is 0 Å². The minimum Gasteiger partial charge on any atom is -0.0872 e. The van der Waals surface area contributed by atoms with Gasteiger partial charge in [-0.3, -0.25) is 0 Å². The maximum atomic E-state index is 2.43. The molecule has 0 aromatic rings. The fourth-order valence-electron chi connectivity index (χ4n) is 1.52. The monoisotopic (exact) mass is 156 g/mol. The molecule has 0 atom stereocenters. The largest absolute Gasteiger partial charge is 0.107 e. The lowest BCUT2D eigenvalue weighted by Crippen LogP contribution is -2.01. The van der Waals surface area contributed by atoms with E-state index in [0.717, 1.165) is 0 Å². The van der Waals surface area contributed by atoms with Crippen molar-refractivity contribution in [2.45, 2.75) is 50.6 Å². The van der Waals surface area contributed by atoms with Crippen LogP contribution in [0.3, 0.4) is 0 Å². The highest BCUT2D eigenvalue weighted by molar-refractivity contribution is 6.48. The van der Waals surface area contributed by atoms with Crippen molar-refractivity contribution in [1.29, 1.82) is 0 Å². The molecule has 0 aromatic heterocycles. The van der Waals surface area contributed by atoms with Crippen LogP contribution in [0.15, 0.2) is 0 Å². The Bertz CT molecular complexity index is 54.0. The van der Waals surface area contributed by atoms with Gasteiger partial charge in [0.1, 0.15) is 29.1 Å². The molecule has 0 N–H and O–H groups in total. The van der Waals surface area contributed by atoms with E-state index in [4.69, 9.17) is 0 Å². The molecule has 0 spiro atoms. The quantitative estimate of drug-likeness (QED) is 0.470. The summed E-state index contributed by atoms with van der Waals surface area (Å²) in [6.45, 7) is 0. The molecule has 0 saturated carbocycles. The normalized spacial score (nSPS) is 21.3. The summed E-state index contributed by atoms with van der Waals surface area (Å²) in [7, 11) is 9.72. The van der Waals surface area contributed by atoms with Crippen LogP contribution in [0.2, 0.25) is 50.6 Å². The van der Waals surface area contributed by atoms with Crippen LogP contribution in [-0.2, 0) is 0 Å². The average molecular weight is 155 g/mol. The molecule has 4 radical (unpaired) electrons. The van der Waals surface area contributed by atoms with Gasteiger partial charge in [0.2, 0.25) is 0 Å². The third kappa shape index (κ3) is 5.85. The fourth-order valence-corrected chi connectivity index (χ4v) is 1.52. The Labute approximate surface area is 80.2 Å². The first-order chi connectivity index (χ1) is 6.00. The molecular weight excluding hydrogens is 139 g/mol. The van der Waals surface area contributed by atoms with Crippen LogP contribution in [0.25, 0.3) is 0 Å². The molecule has 0 bridgehead atoms. The summed E-state index contributed by atoms with van der Waals surface area (Å²) in [6.07, 6.45) is 10.3. The zero-order valence-electron chi connectivity index (χ0n) is 7.97. The smallest absolute Gasteiger partial charge is 0.0872 e. The number of rotatable bonds is 0. The van der Waals surface area contributed by atoms with Gasteiger partial charge in [0, 0.05) is 0 Å². The highest BCUT2D eigenvalue weighted by atomic mass is 13.7. The maximum Gasteiger partial charge on any atom is 0.107 e. The van der Waals surface area contributed by atoms with Crippen LogP contribution in [0, 0.1) is 0 Å². The van der Waals surface area contributed by atoms with Crippen molar-refractivity contribution in [2.24, 2.45) is 0 Å². The molecule has 0 amide bonds. The molecule has 1 saturated heterocycles. The Hall–Kier alpha value is 0.260. The van der Waals surface area contributed by atoms with Gasteiger partial charge >= 0.3 is 0 Å². The predicted molar refractivity (Wildman–Crippen MR) is 61.5 cm³/mol. The van der Waals surface area contributed by atoms with E-state index < -0.39 is 0 Å². The van der Waals surface area contributed by atoms with E-state index in [1.165, 1.54) is 50.6 Å². The third-order valence-corrected chi connectivity index (χ3v) is 2.30. The molecule has 1 heterocycles. The molecule has 12 heavy (non-hydrogen) atoms. The molecule has 1 aliphatic heterocycles. The second kappa shape index (κ2) is 7.89. The highest BCUT2D eigenvalue weighted by Gasteiger charge is 1.99. The van der Waals surface area contributed by atoms with Crippen LogP contribution in [0.4, 0.5) is 0 Å². The minimum absolute atomic E-state index is 1.29. The van der Waals surface area contributed by atoms with E-state index in [1.54, 1.807) is 0 Å². The molecular formula is C8H16B4. The van der Waals surface area contributed by atoms with Crippen LogP contribution < -0.4 is 0 Å². The number of hydrogen-bond acceptors (Lipinski definition) is 0. The van der Waals surface area contributed by atoms with Gasteiger partial charge in [-0.2, -0.15) is 0 Å². The van der Waals surface area contributed by atoms with Crippen LogP contribution >= 0.6 is 0 Å². The zero-order chi connectivity index (χ0) is 8.49. The Morgan fingerprint density at radius 1 is 0.333 bits per heavy atom. The standard InChI is InChI=1S/C8H16B4/c1-2-10-5-6-12-8-7-11-4-3-9-1/h1-8H2. The van der Waals surface area contributed by atoms with Crippen molar-refractivity contribution >= 4 is 29.1 Å². The Morgan fingerprint density at radius 3 is 0.667 bits per heavy atom. The molecule has 4 heteroatoms.